The van der Waals surface area contributed by atoms with Crippen LogP contribution in [-0.4, -0.2) is 46.1 Å². The summed E-state index contributed by atoms with van der Waals surface area (Å²) in [6.07, 6.45) is -1.03. The lowest BCUT2D eigenvalue weighted by Crippen LogP contribution is -2.39. The van der Waals surface area contributed by atoms with Crippen LogP contribution in [0.3, 0.4) is 0 Å². The van der Waals surface area contributed by atoms with Crippen molar-refractivity contribution < 1.29 is 39.0 Å². The Morgan fingerprint density at radius 2 is 1.60 bits per heavy atom. The average Bonchev–Trinajstić information content (AvgIpc) is 2.90. The lowest BCUT2D eigenvalue weighted by atomic mass is 9.89. The van der Waals surface area contributed by atoms with Gasteiger partial charge in [0.2, 0.25) is 0 Å². The number of rotatable bonds is 8. The third-order valence-corrected chi connectivity index (χ3v) is 9.70. The maximum absolute atomic E-state index is 14.0. The number of amides is 1. The average molecular weight is 662 g/mol. The van der Waals surface area contributed by atoms with Gasteiger partial charge in [0.1, 0.15) is 6.10 Å². The molecule has 3 aromatic carbocycles. The van der Waals surface area contributed by atoms with Crippen molar-refractivity contribution in [2.45, 2.75) is 36.3 Å². The minimum atomic E-state index is -6.12. The van der Waals surface area contributed by atoms with Gasteiger partial charge in [-0.15, -0.1) is 0 Å². The van der Waals surface area contributed by atoms with E-state index in [-0.39, 0.29) is 33.8 Å². The molecule has 1 atom stereocenters. The molecule has 0 fully saturated rings. The lowest BCUT2D eigenvalue weighted by molar-refractivity contribution is -0.0563. The summed E-state index contributed by atoms with van der Waals surface area (Å²) in [5.74, 6) is -1.03. The predicted molar refractivity (Wildman–Crippen MR) is 146 cm³/mol. The molecule has 1 aliphatic heterocycles. The highest BCUT2D eigenvalue weighted by Crippen LogP contribution is 2.48. The molecule has 0 saturated carbocycles. The maximum Gasteiger partial charge on any atom is 0.523 e. The molecule has 0 aromatic heterocycles. The fourth-order valence-electron chi connectivity index (χ4n) is 4.39. The van der Waals surface area contributed by atoms with Gasteiger partial charge in [-0.2, -0.15) is 21.6 Å². The number of nitrogens with zero attached hydrogens (tertiary/aromatic N) is 2. The Morgan fingerprint density at radius 1 is 0.975 bits per heavy atom. The van der Waals surface area contributed by atoms with Crippen LogP contribution in [0.2, 0.25) is 0 Å². The fraction of sp³-hybridized carbons (Fsp3) is 0.269. The van der Waals surface area contributed by atoms with Crippen LogP contribution in [0.25, 0.3) is 0 Å². The monoisotopic (exact) mass is 660 g/mol. The van der Waals surface area contributed by atoms with Gasteiger partial charge >= 0.3 is 15.6 Å². The second kappa shape index (κ2) is 11.1. The number of para-hydroxylation sites is 1. The number of unbranched alkanes of at least 4 members (excludes halogenated alkanes) is 1. The van der Waals surface area contributed by atoms with Crippen molar-refractivity contribution in [3.8, 4) is 0 Å². The molecular formula is C26H24BrF3N2O6S2. The van der Waals surface area contributed by atoms with Crippen molar-refractivity contribution in [1.82, 2.24) is 4.31 Å². The molecule has 214 valence electrons. The summed E-state index contributed by atoms with van der Waals surface area (Å²) < 4.78 is 98.0. The molecule has 0 spiro atoms. The van der Waals surface area contributed by atoms with E-state index in [0.717, 1.165) is 0 Å². The van der Waals surface area contributed by atoms with Crippen LogP contribution < -0.4 is 4.90 Å². The minimum absolute atomic E-state index is 0.0569. The Hall–Kier alpha value is -2.94. The number of sulfonamides is 1. The van der Waals surface area contributed by atoms with Crippen molar-refractivity contribution in [3.05, 3.63) is 87.9 Å². The van der Waals surface area contributed by atoms with E-state index < -0.39 is 37.7 Å². The van der Waals surface area contributed by atoms with Gasteiger partial charge in [0.25, 0.3) is 15.9 Å². The summed E-state index contributed by atoms with van der Waals surface area (Å²) >= 11 is 3.24. The third kappa shape index (κ3) is 5.49. The Morgan fingerprint density at radius 3 is 2.23 bits per heavy atom. The van der Waals surface area contributed by atoms with Gasteiger partial charge in [-0.3, -0.25) is 4.79 Å². The van der Waals surface area contributed by atoms with E-state index in [1.807, 2.05) is 0 Å². The van der Waals surface area contributed by atoms with Crippen LogP contribution in [0.4, 0.5) is 24.5 Å². The summed E-state index contributed by atoms with van der Waals surface area (Å²) in [5, 5.41) is 0. The number of hydrogen-bond acceptors (Lipinski definition) is 7. The van der Waals surface area contributed by atoms with E-state index in [2.05, 4.69) is 15.9 Å². The highest BCUT2D eigenvalue weighted by atomic mass is 79.9. The van der Waals surface area contributed by atoms with Gasteiger partial charge < -0.3 is 4.90 Å². The lowest BCUT2D eigenvalue weighted by Gasteiger charge is -2.36. The Labute approximate surface area is 238 Å². The van der Waals surface area contributed by atoms with Crippen LogP contribution in [0, 0.1) is 0 Å². The molecule has 1 unspecified atom stereocenters. The van der Waals surface area contributed by atoms with Crippen molar-refractivity contribution >= 4 is 53.4 Å². The van der Waals surface area contributed by atoms with Crippen LogP contribution in [-0.2, 0) is 24.3 Å². The molecular weight excluding hydrogens is 637 g/mol. The Balaban J connectivity index is 1.92. The minimum Gasteiger partial charge on any atom is -0.344 e. The normalized spacial score (nSPS) is 15.3. The van der Waals surface area contributed by atoms with E-state index >= 15 is 0 Å². The second-order valence-corrected chi connectivity index (χ2v) is 13.3. The predicted octanol–water partition coefficient (Wildman–Crippen LogP) is 6.12. The number of carbonyl (C=O) groups excluding carboxylic acids is 1. The van der Waals surface area contributed by atoms with Crippen LogP contribution >= 0.6 is 15.9 Å². The van der Waals surface area contributed by atoms with Crippen molar-refractivity contribution in [2.24, 2.45) is 0 Å². The first kappa shape index (κ1) is 30.0. The van der Waals surface area contributed by atoms with Gasteiger partial charge in [-0.1, -0.05) is 53.5 Å². The standard InChI is InChI=1S/C26H24BrF3N2O6S2/c1-3-4-16-32(39(34,35)18-14-12-17(27)13-15-18)25(33)20-9-7-11-22-23(20)24(38-40(36,37)26(28,29)30)19-8-5-6-10-21(19)31(22)2/h5-15,24H,3-4,16H2,1-2H3. The second-order valence-electron chi connectivity index (χ2n) is 8.92. The number of benzene rings is 3. The number of carbonyl (C=O) groups is 1. The van der Waals surface area contributed by atoms with Gasteiger partial charge in [0.05, 0.1) is 4.90 Å². The number of alkyl halides is 3. The molecule has 3 aromatic rings. The molecule has 8 nitrogen and oxygen atoms in total. The zero-order valence-electron chi connectivity index (χ0n) is 21.2. The molecule has 0 saturated heterocycles. The first-order valence-corrected chi connectivity index (χ1v) is 15.6. The first-order valence-electron chi connectivity index (χ1n) is 12.0. The van der Waals surface area contributed by atoms with Crippen molar-refractivity contribution in [2.75, 3.05) is 18.5 Å². The largest absolute Gasteiger partial charge is 0.523 e. The molecule has 0 aliphatic carbocycles. The zero-order valence-corrected chi connectivity index (χ0v) is 24.4. The van der Waals surface area contributed by atoms with Gasteiger partial charge in [-0.05, 0) is 48.9 Å². The van der Waals surface area contributed by atoms with Crippen LogP contribution in [0.1, 0.15) is 47.4 Å². The highest BCUT2D eigenvalue weighted by molar-refractivity contribution is 9.10. The summed E-state index contributed by atoms with van der Waals surface area (Å²) in [6, 6.07) is 15.9. The van der Waals surface area contributed by atoms with E-state index in [4.69, 9.17) is 4.18 Å². The maximum atomic E-state index is 14.0. The summed E-state index contributed by atoms with van der Waals surface area (Å²) in [4.78, 5) is 15.4. The Bertz CT molecular complexity index is 1650. The number of hydrogen-bond donors (Lipinski definition) is 0. The van der Waals surface area contributed by atoms with E-state index in [1.165, 1.54) is 54.6 Å². The van der Waals surface area contributed by atoms with Crippen molar-refractivity contribution in [1.29, 1.82) is 0 Å². The molecule has 40 heavy (non-hydrogen) atoms. The quantitative estimate of drug-likeness (QED) is 0.212. The van der Waals surface area contributed by atoms with E-state index in [9.17, 15) is 34.8 Å². The molecule has 1 heterocycles. The number of halogens is 4. The molecule has 1 amide bonds. The zero-order chi connectivity index (χ0) is 29.5. The molecule has 0 radical (unpaired) electrons. The van der Waals surface area contributed by atoms with E-state index in [1.54, 1.807) is 31.0 Å². The molecule has 14 heteroatoms. The molecule has 4 rings (SSSR count). The summed E-state index contributed by atoms with van der Waals surface area (Å²) in [6.45, 7) is 1.59. The van der Waals surface area contributed by atoms with Gasteiger partial charge in [-0.25, -0.2) is 16.9 Å². The molecule has 1 aliphatic rings. The van der Waals surface area contributed by atoms with Crippen LogP contribution in [0.5, 0.6) is 0 Å². The smallest absolute Gasteiger partial charge is 0.344 e. The molecule has 0 bridgehead atoms. The first-order chi connectivity index (χ1) is 18.7. The molecule has 0 N–H and O–H groups in total. The fourth-order valence-corrected chi connectivity index (χ4v) is 6.64. The summed E-state index contributed by atoms with van der Waals surface area (Å²) in [7, 11) is -8.93. The summed E-state index contributed by atoms with van der Waals surface area (Å²) in [5.41, 5.74) is -5.65. The van der Waals surface area contributed by atoms with Crippen LogP contribution in [0.15, 0.2) is 76.1 Å². The number of fused-ring (bicyclic) bond motifs is 2. The van der Waals surface area contributed by atoms with Gasteiger partial charge in [0, 0.05) is 46.1 Å². The number of anilines is 2. The van der Waals surface area contributed by atoms with Crippen molar-refractivity contribution in [3.63, 3.8) is 0 Å². The Kier molecular flexibility index (Phi) is 8.37. The third-order valence-electron chi connectivity index (χ3n) is 6.37. The SMILES string of the molecule is CCCCN(C(=O)c1cccc2c1C(OS(=O)(=O)C(F)(F)F)c1ccccc1N2C)S(=O)(=O)c1ccc(Br)cc1. The topological polar surface area (TPSA) is 101 Å². The highest BCUT2D eigenvalue weighted by Gasteiger charge is 2.50. The van der Waals surface area contributed by atoms with E-state index in [0.29, 0.717) is 27.3 Å². The van der Waals surface area contributed by atoms with Gasteiger partial charge in [0.15, 0.2) is 0 Å².